The van der Waals surface area contributed by atoms with Crippen molar-refractivity contribution in [2.75, 3.05) is 24.5 Å². The Kier molecular flexibility index (Phi) is 2.47. The molecule has 0 unspecified atom stereocenters. The van der Waals surface area contributed by atoms with Gasteiger partial charge in [-0.1, -0.05) is 6.07 Å². The highest BCUT2D eigenvalue weighted by Gasteiger charge is 2.22. The second-order valence-corrected chi connectivity index (χ2v) is 4.14. The predicted octanol–water partition coefficient (Wildman–Crippen LogP) is 0.0830. The zero-order valence-corrected chi connectivity index (χ0v) is 9.67. The summed E-state index contributed by atoms with van der Waals surface area (Å²) in [6.07, 6.45) is 2.57. The molecule has 0 aromatic carbocycles. The van der Waals surface area contributed by atoms with Gasteiger partial charge in [0.25, 0.3) is 0 Å². The number of anilines is 1. The molecule has 2 aromatic heterocycles. The van der Waals surface area contributed by atoms with E-state index in [0.717, 1.165) is 6.29 Å². The summed E-state index contributed by atoms with van der Waals surface area (Å²) >= 11 is 0. The Hall–Kier alpha value is -2.37. The normalized spacial score (nSPS) is 15.8. The second kappa shape index (κ2) is 4.14. The molecule has 18 heavy (non-hydrogen) atoms. The van der Waals surface area contributed by atoms with Crippen LogP contribution in [0, 0.1) is 0 Å². The highest BCUT2D eigenvalue weighted by Crippen LogP contribution is 2.20. The first-order valence-electron chi connectivity index (χ1n) is 5.73. The van der Waals surface area contributed by atoms with Crippen molar-refractivity contribution in [2.45, 2.75) is 0 Å². The van der Waals surface area contributed by atoms with Gasteiger partial charge in [-0.2, -0.15) is 0 Å². The van der Waals surface area contributed by atoms with Crippen molar-refractivity contribution >= 4 is 23.7 Å². The van der Waals surface area contributed by atoms with Crippen molar-refractivity contribution in [1.29, 1.82) is 0 Å². The minimum Gasteiger partial charge on any atom is -0.353 e. The number of imidazole rings is 1. The maximum atomic E-state index is 11.4. The highest BCUT2D eigenvalue weighted by atomic mass is 16.2. The van der Waals surface area contributed by atoms with Crippen molar-refractivity contribution in [3.05, 3.63) is 30.1 Å². The van der Waals surface area contributed by atoms with Gasteiger partial charge in [0.05, 0.1) is 6.54 Å². The van der Waals surface area contributed by atoms with Gasteiger partial charge in [0.15, 0.2) is 12.1 Å². The van der Waals surface area contributed by atoms with E-state index >= 15 is 0 Å². The molecule has 0 saturated carbocycles. The van der Waals surface area contributed by atoms with Crippen molar-refractivity contribution in [3.63, 3.8) is 0 Å². The smallest absolute Gasteiger partial charge is 0.239 e. The van der Waals surface area contributed by atoms with Gasteiger partial charge in [0.1, 0.15) is 11.3 Å². The van der Waals surface area contributed by atoms with Crippen molar-refractivity contribution in [3.8, 4) is 0 Å². The van der Waals surface area contributed by atoms with E-state index in [0.29, 0.717) is 30.2 Å². The van der Waals surface area contributed by atoms with E-state index in [-0.39, 0.29) is 12.5 Å². The Labute approximate surface area is 103 Å². The number of amides is 1. The minimum absolute atomic E-state index is 0.0462. The van der Waals surface area contributed by atoms with Gasteiger partial charge < -0.3 is 10.2 Å². The Balaban J connectivity index is 2.10. The van der Waals surface area contributed by atoms with Crippen LogP contribution in [0.15, 0.2) is 24.4 Å². The number of hydrogen-bond donors (Lipinski definition) is 1. The lowest BCUT2D eigenvalue weighted by atomic mass is 10.3. The molecule has 0 aliphatic carbocycles. The molecule has 1 aliphatic heterocycles. The number of aldehydes is 1. The average Bonchev–Trinajstić information content (AvgIpc) is 2.77. The van der Waals surface area contributed by atoms with Crippen LogP contribution < -0.4 is 10.2 Å². The molecule has 2 aromatic rings. The first-order valence-corrected chi connectivity index (χ1v) is 5.73. The fourth-order valence-corrected chi connectivity index (χ4v) is 2.16. The van der Waals surface area contributed by atoms with E-state index in [1.165, 1.54) is 0 Å². The number of nitrogens with zero attached hydrogens (tertiary/aromatic N) is 3. The molecule has 6 nitrogen and oxygen atoms in total. The molecule has 1 saturated heterocycles. The van der Waals surface area contributed by atoms with E-state index in [4.69, 9.17) is 0 Å². The maximum Gasteiger partial charge on any atom is 0.239 e. The average molecular weight is 244 g/mol. The molecule has 1 fully saturated rings. The van der Waals surface area contributed by atoms with E-state index in [9.17, 15) is 9.59 Å². The summed E-state index contributed by atoms with van der Waals surface area (Å²) in [6, 6.07) is 5.54. The summed E-state index contributed by atoms with van der Waals surface area (Å²) in [4.78, 5) is 28.9. The fraction of sp³-hybridized carbons (Fsp3) is 0.250. The summed E-state index contributed by atoms with van der Waals surface area (Å²) < 4.78 is 1.73. The highest BCUT2D eigenvalue weighted by molar-refractivity contribution is 5.87. The van der Waals surface area contributed by atoms with Crippen molar-refractivity contribution in [2.24, 2.45) is 0 Å². The number of piperazine rings is 1. The molecule has 3 rings (SSSR count). The largest absolute Gasteiger partial charge is 0.353 e. The molecular formula is C12H12N4O2. The van der Waals surface area contributed by atoms with Crippen LogP contribution >= 0.6 is 0 Å². The molecule has 3 heterocycles. The van der Waals surface area contributed by atoms with Crippen LogP contribution in [0.2, 0.25) is 0 Å². The van der Waals surface area contributed by atoms with Crippen LogP contribution in [-0.2, 0) is 4.79 Å². The fourth-order valence-electron chi connectivity index (χ4n) is 2.16. The summed E-state index contributed by atoms with van der Waals surface area (Å²) in [5.41, 5.74) is 1.20. The predicted molar refractivity (Wildman–Crippen MR) is 65.8 cm³/mol. The summed E-state index contributed by atoms with van der Waals surface area (Å²) in [5.74, 6) is 0.529. The zero-order valence-electron chi connectivity index (χ0n) is 9.67. The van der Waals surface area contributed by atoms with E-state index in [2.05, 4.69) is 10.3 Å². The SMILES string of the molecule is O=Cc1c(N2CCNC(=O)C2)nc2ccccn12. The summed E-state index contributed by atoms with van der Waals surface area (Å²) in [7, 11) is 0. The number of carbonyl (C=O) groups is 2. The molecule has 0 bridgehead atoms. The van der Waals surface area contributed by atoms with Gasteiger partial charge in [0, 0.05) is 19.3 Å². The lowest BCUT2D eigenvalue weighted by Crippen LogP contribution is -2.48. The molecular weight excluding hydrogens is 232 g/mol. The molecule has 92 valence electrons. The topological polar surface area (TPSA) is 66.7 Å². The summed E-state index contributed by atoms with van der Waals surface area (Å²) in [5, 5.41) is 2.75. The number of nitrogens with one attached hydrogen (secondary N) is 1. The first-order chi connectivity index (χ1) is 8.79. The number of carbonyl (C=O) groups excluding carboxylic acids is 2. The van der Waals surface area contributed by atoms with Crippen LogP contribution in [0.25, 0.3) is 5.65 Å². The van der Waals surface area contributed by atoms with Gasteiger partial charge in [-0.3, -0.25) is 14.0 Å². The van der Waals surface area contributed by atoms with Gasteiger partial charge in [-0.15, -0.1) is 0 Å². The quantitative estimate of drug-likeness (QED) is 0.760. The molecule has 0 atom stereocenters. The minimum atomic E-state index is -0.0462. The Morgan fingerprint density at radius 3 is 3.06 bits per heavy atom. The molecule has 0 radical (unpaired) electrons. The van der Waals surface area contributed by atoms with Crippen LogP contribution in [-0.4, -0.2) is 41.2 Å². The molecule has 1 amide bonds. The third-order valence-electron chi connectivity index (χ3n) is 3.00. The third kappa shape index (κ3) is 1.62. The molecule has 0 spiro atoms. The van der Waals surface area contributed by atoms with Crippen LogP contribution in [0.1, 0.15) is 10.5 Å². The first kappa shape index (κ1) is 10.8. The summed E-state index contributed by atoms with van der Waals surface area (Å²) in [6.45, 7) is 1.48. The molecule has 1 N–H and O–H groups in total. The van der Waals surface area contributed by atoms with Gasteiger partial charge in [-0.05, 0) is 12.1 Å². The van der Waals surface area contributed by atoms with Gasteiger partial charge >= 0.3 is 0 Å². The Morgan fingerprint density at radius 2 is 2.28 bits per heavy atom. The monoisotopic (exact) mass is 244 g/mol. The lowest BCUT2D eigenvalue weighted by molar-refractivity contribution is -0.120. The van der Waals surface area contributed by atoms with E-state index < -0.39 is 0 Å². The Morgan fingerprint density at radius 1 is 1.39 bits per heavy atom. The number of aromatic nitrogens is 2. The zero-order chi connectivity index (χ0) is 12.5. The van der Waals surface area contributed by atoms with E-state index in [1.807, 2.05) is 23.1 Å². The van der Waals surface area contributed by atoms with Crippen LogP contribution in [0.3, 0.4) is 0 Å². The number of pyridine rings is 1. The van der Waals surface area contributed by atoms with Crippen LogP contribution in [0.4, 0.5) is 5.82 Å². The third-order valence-corrected chi connectivity index (χ3v) is 3.00. The van der Waals surface area contributed by atoms with Gasteiger partial charge in [-0.25, -0.2) is 4.98 Å². The molecule has 1 aliphatic rings. The second-order valence-electron chi connectivity index (χ2n) is 4.14. The number of hydrogen-bond acceptors (Lipinski definition) is 4. The number of rotatable bonds is 2. The van der Waals surface area contributed by atoms with Crippen molar-refractivity contribution < 1.29 is 9.59 Å². The molecule has 6 heteroatoms. The number of fused-ring (bicyclic) bond motifs is 1. The Bertz CT molecular complexity index is 620. The maximum absolute atomic E-state index is 11.4. The van der Waals surface area contributed by atoms with Crippen LogP contribution in [0.5, 0.6) is 0 Å². The van der Waals surface area contributed by atoms with E-state index in [1.54, 1.807) is 10.6 Å². The lowest BCUT2D eigenvalue weighted by Gasteiger charge is -2.26. The standard InChI is InChI=1S/C12H12N4O2/c17-8-9-12(15-6-4-13-11(18)7-15)14-10-3-1-2-5-16(9)10/h1-3,5,8H,4,6-7H2,(H,13,18). The van der Waals surface area contributed by atoms with Crippen molar-refractivity contribution in [1.82, 2.24) is 14.7 Å². The van der Waals surface area contributed by atoms with Gasteiger partial charge in [0.2, 0.25) is 5.91 Å².